The molecule has 2 heterocycles. The van der Waals surface area contributed by atoms with Gasteiger partial charge in [-0.15, -0.1) is 0 Å². The van der Waals surface area contributed by atoms with Crippen molar-refractivity contribution in [1.29, 1.82) is 0 Å². The topological polar surface area (TPSA) is 101 Å². The summed E-state index contributed by atoms with van der Waals surface area (Å²) in [5.74, 6) is 1.49. The molecule has 2 N–H and O–H groups in total. The summed E-state index contributed by atoms with van der Waals surface area (Å²) in [5.41, 5.74) is 12.1. The normalized spacial score (nSPS) is 12.3. The van der Waals surface area contributed by atoms with E-state index < -0.39 is 5.97 Å². The Morgan fingerprint density at radius 3 is 2.23 bits per heavy atom. The number of benzene rings is 4. The number of nitrogens with two attached hydrogens (primary N) is 1. The van der Waals surface area contributed by atoms with Gasteiger partial charge < -0.3 is 24.6 Å². The van der Waals surface area contributed by atoms with Gasteiger partial charge in [-0.3, -0.25) is 0 Å². The molecular formula is C36H34N4O4. The van der Waals surface area contributed by atoms with Crippen LogP contribution in [0.4, 0.5) is 0 Å². The van der Waals surface area contributed by atoms with Crippen molar-refractivity contribution in [1.82, 2.24) is 9.55 Å². The summed E-state index contributed by atoms with van der Waals surface area (Å²) in [6.45, 7) is 3.20. The molecule has 0 unspecified atom stereocenters. The van der Waals surface area contributed by atoms with E-state index in [1.165, 1.54) is 12.8 Å². The molecule has 0 spiro atoms. The summed E-state index contributed by atoms with van der Waals surface area (Å²) in [6.07, 6.45) is 4.54. The van der Waals surface area contributed by atoms with Crippen molar-refractivity contribution in [2.24, 2.45) is 10.9 Å². The van der Waals surface area contributed by atoms with E-state index in [4.69, 9.17) is 25.0 Å². The number of carbonyl (C=O) groups excluding carboxylic acids is 1. The first-order chi connectivity index (χ1) is 21.6. The van der Waals surface area contributed by atoms with Gasteiger partial charge in [-0.1, -0.05) is 104 Å². The van der Waals surface area contributed by atoms with Crippen LogP contribution in [0.3, 0.4) is 0 Å². The summed E-state index contributed by atoms with van der Waals surface area (Å²) in [5, 5.41) is 3.85. The van der Waals surface area contributed by atoms with Crippen LogP contribution in [0, 0.1) is 0 Å². The van der Waals surface area contributed by atoms with Crippen molar-refractivity contribution in [2.75, 3.05) is 6.79 Å². The van der Waals surface area contributed by atoms with Gasteiger partial charge in [-0.25, -0.2) is 9.78 Å². The molecule has 1 aliphatic heterocycles. The molecule has 0 bridgehead atoms. The fraction of sp³-hybridized carbons (Fsp3) is 0.194. The van der Waals surface area contributed by atoms with Crippen molar-refractivity contribution in [3.63, 3.8) is 0 Å². The second kappa shape index (κ2) is 13.3. The number of ether oxygens (including phenoxy) is 2. The Bertz CT molecular complexity index is 1760. The van der Waals surface area contributed by atoms with Crippen molar-refractivity contribution < 1.29 is 19.1 Å². The molecule has 0 fully saturated rings. The lowest BCUT2D eigenvalue weighted by Gasteiger charge is -2.14. The third kappa shape index (κ3) is 6.20. The molecule has 6 rings (SSSR count). The standard InChI is InChI=1S/C36H34N4O4/c1-2-3-4-11-22-40-33(26-14-9-6-10-15-26)32(25-12-7-5-8-13-25)38-35(40)27-16-18-28(19-17-27)36(41)44-39-34(37)29-20-21-30-31(23-29)43-24-42-30/h5-10,12-21,23H,2-4,11,22,24H2,1H3,(H2,37,39). The Morgan fingerprint density at radius 2 is 1.50 bits per heavy atom. The lowest BCUT2D eigenvalue weighted by molar-refractivity contribution is 0.0516. The van der Waals surface area contributed by atoms with Crippen LogP contribution >= 0.6 is 0 Å². The molecule has 0 amide bonds. The molecular weight excluding hydrogens is 552 g/mol. The van der Waals surface area contributed by atoms with E-state index >= 15 is 0 Å². The lowest BCUT2D eigenvalue weighted by Crippen LogP contribution is -2.15. The number of amidine groups is 1. The highest BCUT2D eigenvalue weighted by molar-refractivity contribution is 5.98. The van der Waals surface area contributed by atoms with Crippen molar-refractivity contribution in [3.05, 3.63) is 114 Å². The minimum absolute atomic E-state index is 0.0558. The fourth-order valence-corrected chi connectivity index (χ4v) is 5.28. The van der Waals surface area contributed by atoms with Gasteiger partial charge in [0.15, 0.2) is 17.3 Å². The van der Waals surface area contributed by atoms with Gasteiger partial charge in [0.2, 0.25) is 6.79 Å². The van der Waals surface area contributed by atoms with Crippen LogP contribution in [0.2, 0.25) is 0 Å². The van der Waals surface area contributed by atoms with Crippen molar-refractivity contribution in [2.45, 2.75) is 39.2 Å². The van der Waals surface area contributed by atoms with E-state index in [2.05, 4.69) is 53.0 Å². The molecule has 0 saturated heterocycles. The van der Waals surface area contributed by atoms with Crippen LogP contribution in [-0.4, -0.2) is 28.1 Å². The van der Waals surface area contributed by atoms with E-state index in [9.17, 15) is 4.79 Å². The number of fused-ring (bicyclic) bond motifs is 1. The third-order valence-electron chi connectivity index (χ3n) is 7.57. The minimum Gasteiger partial charge on any atom is -0.454 e. The molecule has 5 aromatic rings. The molecule has 1 aliphatic rings. The zero-order valence-electron chi connectivity index (χ0n) is 24.6. The Hall–Kier alpha value is -5.37. The Morgan fingerprint density at radius 1 is 0.818 bits per heavy atom. The molecule has 8 heteroatoms. The quantitative estimate of drug-likeness (QED) is 0.0560. The first kappa shape index (κ1) is 28.7. The zero-order valence-corrected chi connectivity index (χ0v) is 24.6. The predicted molar refractivity (Wildman–Crippen MR) is 171 cm³/mol. The van der Waals surface area contributed by atoms with E-state index in [-0.39, 0.29) is 12.6 Å². The molecule has 0 saturated carbocycles. The maximum atomic E-state index is 12.9. The van der Waals surface area contributed by atoms with Gasteiger partial charge in [0.1, 0.15) is 5.82 Å². The summed E-state index contributed by atoms with van der Waals surface area (Å²) in [7, 11) is 0. The highest BCUT2D eigenvalue weighted by Gasteiger charge is 2.21. The van der Waals surface area contributed by atoms with E-state index in [0.717, 1.165) is 53.3 Å². The highest BCUT2D eigenvalue weighted by Crippen LogP contribution is 2.37. The number of imidazole rings is 1. The Kier molecular flexibility index (Phi) is 8.68. The SMILES string of the molecule is CCCCCCn1c(-c2ccc(C(=O)O/N=C(\N)c3ccc4c(c3)OCO4)cc2)nc(-c2ccccc2)c1-c1ccccc1. The molecule has 8 nitrogen and oxygen atoms in total. The number of oxime groups is 1. The number of carbonyl (C=O) groups is 1. The number of nitrogens with zero attached hydrogens (tertiary/aromatic N) is 3. The smallest absolute Gasteiger partial charge is 0.365 e. The van der Waals surface area contributed by atoms with Crippen LogP contribution in [0.1, 0.15) is 48.5 Å². The third-order valence-corrected chi connectivity index (χ3v) is 7.57. The van der Waals surface area contributed by atoms with E-state index in [1.807, 2.05) is 36.4 Å². The fourth-order valence-electron chi connectivity index (χ4n) is 5.28. The van der Waals surface area contributed by atoms with Gasteiger partial charge >= 0.3 is 5.97 Å². The first-order valence-corrected chi connectivity index (χ1v) is 14.9. The molecule has 0 atom stereocenters. The lowest BCUT2D eigenvalue weighted by atomic mass is 10.0. The highest BCUT2D eigenvalue weighted by atomic mass is 16.7. The second-order valence-electron chi connectivity index (χ2n) is 10.6. The Balaban J connectivity index is 1.30. The summed E-state index contributed by atoms with van der Waals surface area (Å²) < 4.78 is 13.0. The predicted octanol–water partition coefficient (Wildman–Crippen LogP) is 7.67. The molecule has 0 aliphatic carbocycles. The molecule has 0 radical (unpaired) electrons. The molecule has 1 aromatic heterocycles. The van der Waals surface area contributed by atoms with Crippen LogP contribution in [-0.2, 0) is 11.4 Å². The average molecular weight is 587 g/mol. The summed E-state index contributed by atoms with van der Waals surface area (Å²) in [4.78, 5) is 23.2. The molecule has 222 valence electrons. The number of hydrogen-bond acceptors (Lipinski definition) is 6. The maximum Gasteiger partial charge on any atom is 0.365 e. The average Bonchev–Trinajstić information content (AvgIpc) is 3.71. The van der Waals surface area contributed by atoms with Crippen LogP contribution in [0.5, 0.6) is 11.5 Å². The monoisotopic (exact) mass is 586 g/mol. The first-order valence-electron chi connectivity index (χ1n) is 14.9. The van der Waals surface area contributed by atoms with E-state index in [1.54, 1.807) is 30.3 Å². The van der Waals surface area contributed by atoms with E-state index in [0.29, 0.717) is 22.6 Å². The number of hydrogen-bond donors (Lipinski definition) is 1. The van der Waals surface area contributed by atoms with Crippen molar-refractivity contribution in [3.8, 4) is 45.4 Å². The number of rotatable bonds is 11. The molecule has 4 aromatic carbocycles. The molecule has 44 heavy (non-hydrogen) atoms. The zero-order chi connectivity index (χ0) is 30.3. The van der Waals surface area contributed by atoms with Crippen molar-refractivity contribution >= 4 is 11.8 Å². The number of unbranched alkanes of at least 4 members (excludes halogenated alkanes) is 3. The van der Waals surface area contributed by atoms with Crippen LogP contribution in [0.25, 0.3) is 33.9 Å². The van der Waals surface area contributed by atoms with Gasteiger partial charge in [0, 0.05) is 28.8 Å². The van der Waals surface area contributed by atoms with Crippen LogP contribution < -0.4 is 15.2 Å². The van der Waals surface area contributed by atoms with Gasteiger partial charge in [-0.05, 0) is 36.8 Å². The van der Waals surface area contributed by atoms with Gasteiger partial charge in [0.05, 0.1) is 17.0 Å². The second-order valence-corrected chi connectivity index (χ2v) is 10.6. The summed E-state index contributed by atoms with van der Waals surface area (Å²) >= 11 is 0. The Labute approximate surface area is 256 Å². The van der Waals surface area contributed by atoms with Crippen LogP contribution in [0.15, 0.2) is 108 Å². The largest absolute Gasteiger partial charge is 0.454 e. The maximum absolute atomic E-state index is 12.9. The number of aromatic nitrogens is 2. The van der Waals surface area contributed by atoms with Gasteiger partial charge in [-0.2, -0.15) is 0 Å². The van der Waals surface area contributed by atoms with Gasteiger partial charge in [0.25, 0.3) is 0 Å². The minimum atomic E-state index is -0.613. The summed E-state index contributed by atoms with van der Waals surface area (Å²) in [6, 6.07) is 33.1.